The molecular formula is C13H17N5O2. The van der Waals surface area contributed by atoms with Crippen molar-refractivity contribution < 1.29 is 4.92 Å². The van der Waals surface area contributed by atoms with Crippen LogP contribution in [0.2, 0.25) is 0 Å². The van der Waals surface area contributed by atoms with Crippen molar-refractivity contribution in [2.24, 2.45) is 7.05 Å². The molecule has 20 heavy (non-hydrogen) atoms. The van der Waals surface area contributed by atoms with Crippen molar-refractivity contribution in [3.8, 4) is 0 Å². The molecule has 0 unspecified atom stereocenters. The predicted octanol–water partition coefficient (Wildman–Crippen LogP) is 1.92. The third kappa shape index (κ3) is 2.61. The lowest BCUT2D eigenvalue weighted by molar-refractivity contribution is -0.384. The van der Waals surface area contributed by atoms with Gasteiger partial charge in [-0.15, -0.1) is 0 Å². The van der Waals surface area contributed by atoms with E-state index >= 15 is 0 Å². The fourth-order valence-corrected chi connectivity index (χ4v) is 2.25. The maximum absolute atomic E-state index is 11.3. The molecule has 0 spiro atoms. The van der Waals surface area contributed by atoms with Crippen LogP contribution < -0.4 is 4.90 Å². The second-order valence-electron chi connectivity index (χ2n) is 4.57. The van der Waals surface area contributed by atoms with Crippen LogP contribution in [-0.2, 0) is 20.0 Å². The molecule has 0 N–H and O–H groups in total. The van der Waals surface area contributed by atoms with Crippen LogP contribution in [0.4, 0.5) is 11.5 Å². The molecule has 2 aromatic heterocycles. The van der Waals surface area contributed by atoms with Crippen molar-refractivity contribution in [3.63, 3.8) is 0 Å². The quantitative estimate of drug-likeness (QED) is 0.615. The van der Waals surface area contributed by atoms with Gasteiger partial charge in [0.05, 0.1) is 4.92 Å². The number of hydrogen-bond acceptors (Lipinski definition) is 5. The summed E-state index contributed by atoms with van der Waals surface area (Å²) in [5.74, 6) is 0.510. The Bertz CT molecular complexity index is 609. The van der Waals surface area contributed by atoms with Crippen LogP contribution in [-0.4, -0.2) is 26.7 Å². The van der Waals surface area contributed by atoms with E-state index in [-0.39, 0.29) is 10.6 Å². The van der Waals surface area contributed by atoms with E-state index in [1.165, 1.54) is 0 Å². The number of pyridine rings is 1. The van der Waals surface area contributed by atoms with Gasteiger partial charge in [-0.2, -0.15) is 5.10 Å². The lowest BCUT2D eigenvalue weighted by Crippen LogP contribution is -2.20. The molecule has 106 valence electrons. The highest BCUT2D eigenvalue weighted by atomic mass is 16.6. The van der Waals surface area contributed by atoms with Gasteiger partial charge >= 0.3 is 5.69 Å². The van der Waals surface area contributed by atoms with Gasteiger partial charge in [-0.3, -0.25) is 15.1 Å². The highest BCUT2D eigenvalue weighted by Crippen LogP contribution is 2.31. The van der Waals surface area contributed by atoms with Crippen molar-refractivity contribution in [2.75, 3.05) is 11.9 Å². The minimum absolute atomic E-state index is 0.0846. The van der Waals surface area contributed by atoms with Crippen molar-refractivity contribution in [1.29, 1.82) is 0 Å². The Kier molecular flexibility index (Phi) is 3.97. The molecule has 0 fully saturated rings. The third-order valence-electron chi connectivity index (χ3n) is 3.08. The molecule has 0 aliphatic carbocycles. The maximum Gasteiger partial charge on any atom is 0.334 e. The molecule has 2 aromatic rings. The van der Waals surface area contributed by atoms with E-state index in [2.05, 4.69) is 10.1 Å². The summed E-state index contributed by atoms with van der Waals surface area (Å²) in [6, 6.07) is 3.78. The van der Waals surface area contributed by atoms with Gasteiger partial charge in [0.1, 0.15) is 5.69 Å². The SMILES string of the molecule is CCc1nn(C)c(N(C)Cc2cccnc2)c1[N+](=O)[O-]. The van der Waals surface area contributed by atoms with Crippen LogP contribution in [0, 0.1) is 10.1 Å². The fraction of sp³-hybridized carbons (Fsp3) is 0.385. The van der Waals surface area contributed by atoms with E-state index in [0.29, 0.717) is 24.5 Å². The molecule has 0 aliphatic heterocycles. The Balaban J connectivity index is 2.36. The zero-order chi connectivity index (χ0) is 14.7. The summed E-state index contributed by atoms with van der Waals surface area (Å²) in [5, 5.41) is 15.5. The van der Waals surface area contributed by atoms with Gasteiger partial charge in [-0.25, -0.2) is 4.68 Å². The number of nitrogens with zero attached hydrogens (tertiary/aromatic N) is 5. The third-order valence-corrected chi connectivity index (χ3v) is 3.08. The van der Waals surface area contributed by atoms with Crippen molar-refractivity contribution >= 4 is 11.5 Å². The normalized spacial score (nSPS) is 10.6. The Labute approximate surface area is 117 Å². The second kappa shape index (κ2) is 5.68. The topological polar surface area (TPSA) is 77.1 Å². The van der Waals surface area contributed by atoms with E-state index in [9.17, 15) is 10.1 Å². The molecule has 2 heterocycles. The monoisotopic (exact) mass is 275 g/mol. The number of rotatable bonds is 5. The number of nitro groups is 1. The van der Waals surface area contributed by atoms with E-state index in [1.54, 1.807) is 24.1 Å². The lowest BCUT2D eigenvalue weighted by atomic mass is 10.2. The average Bonchev–Trinajstić information content (AvgIpc) is 2.77. The van der Waals surface area contributed by atoms with Crippen LogP contribution in [0.5, 0.6) is 0 Å². The number of anilines is 1. The summed E-state index contributed by atoms with van der Waals surface area (Å²) < 4.78 is 1.56. The van der Waals surface area contributed by atoms with Crippen LogP contribution in [0.3, 0.4) is 0 Å². The Morgan fingerprint density at radius 1 is 1.50 bits per heavy atom. The van der Waals surface area contributed by atoms with Crippen molar-refractivity contribution in [3.05, 3.63) is 45.9 Å². The van der Waals surface area contributed by atoms with Gasteiger partial charge in [-0.05, 0) is 18.1 Å². The minimum Gasteiger partial charge on any atom is -0.350 e. The first kappa shape index (κ1) is 14.0. The van der Waals surface area contributed by atoms with Crippen LogP contribution in [0.1, 0.15) is 18.2 Å². The first-order valence-electron chi connectivity index (χ1n) is 6.34. The molecule has 0 aromatic carbocycles. The van der Waals surface area contributed by atoms with Crippen LogP contribution in [0.25, 0.3) is 0 Å². The standard InChI is InChI=1S/C13H17N5O2/c1-4-11-12(18(19)20)13(17(3)15-11)16(2)9-10-6-5-7-14-8-10/h5-8H,4,9H2,1-3H3. The Morgan fingerprint density at radius 2 is 2.25 bits per heavy atom. The zero-order valence-corrected chi connectivity index (χ0v) is 11.8. The zero-order valence-electron chi connectivity index (χ0n) is 11.8. The lowest BCUT2D eigenvalue weighted by Gasteiger charge is -2.18. The molecule has 0 atom stereocenters. The summed E-state index contributed by atoms with van der Waals surface area (Å²) in [7, 11) is 3.54. The summed E-state index contributed by atoms with van der Waals surface area (Å²) >= 11 is 0. The smallest absolute Gasteiger partial charge is 0.334 e. The molecule has 0 saturated carbocycles. The summed E-state index contributed by atoms with van der Waals surface area (Å²) in [4.78, 5) is 16.8. The first-order chi connectivity index (χ1) is 9.54. The van der Waals surface area contributed by atoms with Crippen molar-refractivity contribution in [1.82, 2.24) is 14.8 Å². The van der Waals surface area contributed by atoms with E-state index in [4.69, 9.17) is 0 Å². The maximum atomic E-state index is 11.3. The molecule has 0 bridgehead atoms. The highest BCUT2D eigenvalue weighted by molar-refractivity contribution is 5.61. The largest absolute Gasteiger partial charge is 0.350 e. The minimum atomic E-state index is -0.360. The first-order valence-corrected chi connectivity index (χ1v) is 6.34. The molecule has 2 rings (SSSR count). The molecule has 7 heteroatoms. The Hall–Kier alpha value is -2.44. The molecule has 0 radical (unpaired) electrons. The summed E-state index contributed by atoms with van der Waals surface area (Å²) in [6.07, 6.45) is 3.98. The van der Waals surface area contributed by atoms with Gasteiger partial charge in [0.15, 0.2) is 0 Å². The summed E-state index contributed by atoms with van der Waals surface area (Å²) in [5.41, 5.74) is 1.58. The van der Waals surface area contributed by atoms with Gasteiger partial charge in [-0.1, -0.05) is 13.0 Å². The molecule has 7 nitrogen and oxygen atoms in total. The van der Waals surface area contributed by atoms with Gasteiger partial charge in [0.25, 0.3) is 0 Å². The second-order valence-corrected chi connectivity index (χ2v) is 4.57. The predicted molar refractivity (Wildman–Crippen MR) is 75.6 cm³/mol. The van der Waals surface area contributed by atoms with E-state index in [1.807, 2.05) is 31.0 Å². The Morgan fingerprint density at radius 3 is 2.80 bits per heavy atom. The fourth-order valence-electron chi connectivity index (χ4n) is 2.25. The number of aryl methyl sites for hydroxylation is 2. The van der Waals surface area contributed by atoms with Gasteiger partial charge in [0, 0.05) is 33.0 Å². The van der Waals surface area contributed by atoms with Crippen molar-refractivity contribution in [2.45, 2.75) is 19.9 Å². The molecule has 0 amide bonds. The average molecular weight is 275 g/mol. The number of aromatic nitrogens is 3. The van der Waals surface area contributed by atoms with Crippen LogP contribution in [0.15, 0.2) is 24.5 Å². The van der Waals surface area contributed by atoms with Crippen LogP contribution >= 0.6 is 0 Å². The number of hydrogen-bond donors (Lipinski definition) is 0. The van der Waals surface area contributed by atoms with Gasteiger partial charge in [0.2, 0.25) is 5.82 Å². The summed E-state index contributed by atoms with van der Waals surface area (Å²) in [6.45, 7) is 2.40. The van der Waals surface area contributed by atoms with E-state index < -0.39 is 0 Å². The molecule has 0 aliphatic rings. The molecular weight excluding hydrogens is 258 g/mol. The van der Waals surface area contributed by atoms with E-state index in [0.717, 1.165) is 5.56 Å². The van der Waals surface area contributed by atoms with Gasteiger partial charge < -0.3 is 4.90 Å². The highest BCUT2D eigenvalue weighted by Gasteiger charge is 2.28. The molecule has 0 saturated heterocycles.